The molecule has 0 aliphatic carbocycles. The molecule has 3 aromatic rings. The summed E-state index contributed by atoms with van der Waals surface area (Å²) in [6.07, 6.45) is 3.43. The van der Waals surface area contributed by atoms with Gasteiger partial charge in [-0.05, 0) is 68.1 Å². The van der Waals surface area contributed by atoms with E-state index in [2.05, 4.69) is 23.8 Å². The van der Waals surface area contributed by atoms with Gasteiger partial charge in [0.25, 0.3) is 0 Å². The Morgan fingerprint density at radius 1 is 1.23 bits per heavy atom. The number of aromatic nitrogens is 2. The standard InChI is InChI=1S/C30H35ClFN3O4/c1-4-37-30(36)22-7-9-34(10-8-22)16-21-12-24-26(32)13-23(14-28(24)39-18-21)38-17-20-5-6-27-25(11-20)29(31)33-35(27)15-19(2)3/h5-6,11-14,19,22H,4,7-10,15-18H2,1-3H3. The van der Waals surface area contributed by atoms with Crippen molar-refractivity contribution in [3.63, 3.8) is 0 Å². The molecule has 5 rings (SSSR count). The molecular formula is C30H35ClFN3O4. The van der Waals surface area contributed by atoms with Crippen molar-refractivity contribution in [2.45, 2.75) is 46.8 Å². The van der Waals surface area contributed by atoms with E-state index in [0.29, 0.717) is 47.9 Å². The van der Waals surface area contributed by atoms with Gasteiger partial charge in [0.05, 0.1) is 23.6 Å². The van der Waals surface area contributed by atoms with Crippen molar-refractivity contribution in [3.8, 4) is 11.5 Å². The number of hydrogen-bond acceptors (Lipinski definition) is 6. The van der Waals surface area contributed by atoms with Crippen molar-refractivity contribution in [1.29, 1.82) is 0 Å². The maximum absolute atomic E-state index is 15.1. The summed E-state index contributed by atoms with van der Waals surface area (Å²) in [6.45, 7) is 10.3. The molecule has 0 bridgehead atoms. The Hall–Kier alpha value is -3.10. The van der Waals surface area contributed by atoms with Gasteiger partial charge in [-0.2, -0.15) is 5.10 Å². The first-order valence-corrected chi connectivity index (χ1v) is 14.0. The predicted molar refractivity (Wildman–Crippen MR) is 150 cm³/mol. The summed E-state index contributed by atoms with van der Waals surface area (Å²) in [5.74, 6) is 0.821. The highest BCUT2D eigenvalue weighted by Crippen LogP contribution is 2.34. The molecule has 2 aliphatic rings. The fraction of sp³-hybridized carbons (Fsp3) is 0.467. The summed E-state index contributed by atoms with van der Waals surface area (Å²) in [5.41, 5.74) is 3.35. The smallest absolute Gasteiger partial charge is 0.309 e. The van der Waals surface area contributed by atoms with Crippen molar-refractivity contribution < 1.29 is 23.4 Å². The topological polar surface area (TPSA) is 65.8 Å². The third-order valence-corrected chi connectivity index (χ3v) is 7.45. The van der Waals surface area contributed by atoms with Gasteiger partial charge in [0.15, 0.2) is 5.15 Å². The van der Waals surface area contributed by atoms with Crippen LogP contribution < -0.4 is 9.47 Å². The van der Waals surface area contributed by atoms with Crippen LogP contribution in [0, 0.1) is 17.7 Å². The molecule has 0 spiro atoms. The molecule has 39 heavy (non-hydrogen) atoms. The van der Waals surface area contributed by atoms with Crippen LogP contribution in [0.4, 0.5) is 4.39 Å². The van der Waals surface area contributed by atoms with Crippen LogP contribution in [-0.2, 0) is 22.7 Å². The number of rotatable bonds is 9. The Labute approximate surface area is 233 Å². The van der Waals surface area contributed by atoms with Crippen molar-refractivity contribution in [1.82, 2.24) is 14.7 Å². The second-order valence-corrected chi connectivity index (χ2v) is 11.1. The van der Waals surface area contributed by atoms with Crippen LogP contribution in [0.25, 0.3) is 17.0 Å². The molecule has 0 unspecified atom stereocenters. The predicted octanol–water partition coefficient (Wildman–Crippen LogP) is 6.11. The minimum absolute atomic E-state index is 0.0316. The van der Waals surface area contributed by atoms with Gasteiger partial charge in [-0.1, -0.05) is 31.5 Å². The molecule has 1 aromatic heterocycles. The lowest BCUT2D eigenvalue weighted by Gasteiger charge is -2.32. The van der Waals surface area contributed by atoms with E-state index in [9.17, 15) is 4.79 Å². The van der Waals surface area contributed by atoms with Gasteiger partial charge in [-0.25, -0.2) is 4.39 Å². The summed E-state index contributed by atoms with van der Waals surface area (Å²) >= 11 is 6.39. The van der Waals surface area contributed by atoms with E-state index in [-0.39, 0.29) is 24.3 Å². The van der Waals surface area contributed by atoms with Gasteiger partial charge in [0, 0.05) is 30.6 Å². The minimum Gasteiger partial charge on any atom is -0.489 e. The molecule has 3 heterocycles. The molecule has 0 amide bonds. The zero-order valence-electron chi connectivity index (χ0n) is 22.7. The second-order valence-electron chi connectivity index (χ2n) is 10.7. The van der Waals surface area contributed by atoms with Gasteiger partial charge in [-0.3, -0.25) is 14.4 Å². The van der Waals surface area contributed by atoms with E-state index < -0.39 is 0 Å². The lowest BCUT2D eigenvalue weighted by atomic mass is 9.96. The normalized spacial score (nSPS) is 16.2. The average Bonchev–Trinajstić information content (AvgIpc) is 3.22. The number of nitrogens with zero attached hydrogens (tertiary/aromatic N) is 3. The number of hydrogen-bond donors (Lipinski definition) is 0. The van der Waals surface area contributed by atoms with Crippen LogP contribution >= 0.6 is 11.6 Å². The van der Waals surface area contributed by atoms with Crippen LogP contribution in [0.1, 0.15) is 44.7 Å². The maximum atomic E-state index is 15.1. The number of piperidine rings is 1. The van der Waals surface area contributed by atoms with Crippen LogP contribution in [0.2, 0.25) is 5.15 Å². The highest BCUT2D eigenvalue weighted by atomic mass is 35.5. The number of carbonyl (C=O) groups is 1. The van der Waals surface area contributed by atoms with Gasteiger partial charge in [0.1, 0.15) is 30.5 Å². The number of esters is 1. The van der Waals surface area contributed by atoms with Crippen molar-refractivity contribution >= 4 is 34.5 Å². The third kappa shape index (κ3) is 6.39. The lowest BCUT2D eigenvalue weighted by Crippen LogP contribution is -2.38. The molecule has 0 atom stereocenters. The van der Waals surface area contributed by atoms with Gasteiger partial charge in [-0.15, -0.1) is 0 Å². The summed E-state index contributed by atoms with van der Waals surface area (Å²) in [6, 6.07) is 9.09. The quantitative estimate of drug-likeness (QED) is 0.297. The highest BCUT2D eigenvalue weighted by Gasteiger charge is 2.27. The number of likely N-dealkylation sites (tertiary alicyclic amines) is 1. The molecule has 2 aliphatic heterocycles. The molecule has 208 valence electrons. The van der Waals surface area contributed by atoms with Crippen LogP contribution in [0.3, 0.4) is 0 Å². The SMILES string of the molecule is CCOC(=O)C1CCN(CC2=Cc3c(F)cc(OCc4ccc5c(c4)c(Cl)nn5CC(C)C)cc3OC2)CC1. The number of halogens is 2. The van der Waals surface area contributed by atoms with Crippen molar-refractivity contribution in [3.05, 3.63) is 58.0 Å². The lowest BCUT2D eigenvalue weighted by molar-refractivity contribution is -0.149. The van der Waals surface area contributed by atoms with E-state index >= 15 is 4.39 Å². The summed E-state index contributed by atoms with van der Waals surface area (Å²) in [5, 5.41) is 5.80. The van der Waals surface area contributed by atoms with Gasteiger partial charge in [0.2, 0.25) is 0 Å². The molecule has 1 fully saturated rings. The Balaban J connectivity index is 1.21. The van der Waals surface area contributed by atoms with E-state index in [0.717, 1.165) is 54.5 Å². The van der Waals surface area contributed by atoms with Crippen LogP contribution in [0.5, 0.6) is 11.5 Å². The average molecular weight is 556 g/mol. The van der Waals surface area contributed by atoms with Crippen LogP contribution in [0.15, 0.2) is 35.9 Å². The summed E-state index contributed by atoms with van der Waals surface area (Å²) in [4.78, 5) is 14.3. The zero-order chi connectivity index (χ0) is 27.5. The number of ether oxygens (including phenoxy) is 3. The van der Waals surface area contributed by atoms with Gasteiger partial charge < -0.3 is 14.2 Å². The first-order valence-electron chi connectivity index (χ1n) is 13.6. The third-order valence-electron chi connectivity index (χ3n) is 7.17. The molecule has 0 N–H and O–H groups in total. The Morgan fingerprint density at radius 2 is 2.03 bits per heavy atom. The van der Waals surface area contributed by atoms with E-state index in [1.165, 1.54) is 6.07 Å². The zero-order valence-corrected chi connectivity index (χ0v) is 23.5. The molecule has 0 saturated carbocycles. The first-order chi connectivity index (χ1) is 18.8. The second kappa shape index (κ2) is 12.0. The molecule has 1 saturated heterocycles. The fourth-order valence-electron chi connectivity index (χ4n) is 5.22. The number of fused-ring (bicyclic) bond motifs is 2. The largest absolute Gasteiger partial charge is 0.489 e. The maximum Gasteiger partial charge on any atom is 0.309 e. The van der Waals surface area contributed by atoms with E-state index in [4.69, 9.17) is 25.8 Å². The highest BCUT2D eigenvalue weighted by molar-refractivity contribution is 6.34. The first kappa shape index (κ1) is 27.5. The summed E-state index contributed by atoms with van der Waals surface area (Å²) in [7, 11) is 0. The Kier molecular flexibility index (Phi) is 8.43. The van der Waals surface area contributed by atoms with Crippen LogP contribution in [-0.4, -0.2) is 53.5 Å². The number of benzene rings is 2. The summed E-state index contributed by atoms with van der Waals surface area (Å²) < 4.78 is 34.0. The number of carbonyl (C=O) groups excluding carboxylic acids is 1. The minimum atomic E-state index is -0.380. The van der Waals surface area contributed by atoms with E-state index in [1.54, 1.807) is 6.07 Å². The molecular weight excluding hydrogens is 521 g/mol. The van der Waals surface area contributed by atoms with E-state index in [1.807, 2.05) is 35.9 Å². The Morgan fingerprint density at radius 3 is 2.77 bits per heavy atom. The monoisotopic (exact) mass is 555 g/mol. The fourth-order valence-corrected chi connectivity index (χ4v) is 5.46. The van der Waals surface area contributed by atoms with Crippen molar-refractivity contribution in [2.24, 2.45) is 11.8 Å². The molecule has 9 heteroatoms. The Bertz CT molecular complexity index is 1380. The molecule has 0 radical (unpaired) electrons. The molecule has 2 aromatic carbocycles. The van der Waals surface area contributed by atoms with Gasteiger partial charge >= 0.3 is 5.97 Å². The molecule has 7 nitrogen and oxygen atoms in total. The van der Waals surface area contributed by atoms with Crippen molar-refractivity contribution in [2.75, 3.05) is 32.8 Å².